The van der Waals surface area contributed by atoms with Crippen LogP contribution in [0.2, 0.25) is 0 Å². The summed E-state index contributed by atoms with van der Waals surface area (Å²) in [4.78, 5) is 49.3. The van der Waals surface area contributed by atoms with E-state index in [2.05, 4.69) is 15.4 Å². The molecule has 1 aromatic carbocycles. The van der Waals surface area contributed by atoms with E-state index in [1.807, 2.05) is 44.2 Å². The number of hydrogen-bond donors (Lipinski definition) is 2. The summed E-state index contributed by atoms with van der Waals surface area (Å²) in [6.07, 6.45) is 0. The van der Waals surface area contributed by atoms with Crippen molar-refractivity contribution < 1.29 is 9.63 Å². The zero-order chi connectivity index (χ0) is 20.3. The zero-order valence-corrected chi connectivity index (χ0v) is 16.0. The average molecular weight is 382 g/mol. The molecule has 3 rings (SSSR count). The van der Waals surface area contributed by atoms with E-state index in [1.165, 1.54) is 4.57 Å². The number of fused-ring (bicyclic) bond motifs is 1. The molecule has 0 saturated carbocycles. The summed E-state index contributed by atoms with van der Waals surface area (Å²) in [7, 11) is 0. The van der Waals surface area contributed by atoms with Gasteiger partial charge >= 0.3 is 5.69 Å². The number of nitrogens with zero attached hydrogens (tertiary/aromatic N) is 2. The number of aromatic amines is 1. The van der Waals surface area contributed by atoms with E-state index < -0.39 is 17.2 Å². The highest BCUT2D eigenvalue weighted by molar-refractivity contribution is 6.04. The number of hydroxylamine groups is 1. The van der Waals surface area contributed by atoms with Crippen molar-refractivity contribution in [1.82, 2.24) is 20.0 Å². The van der Waals surface area contributed by atoms with Crippen LogP contribution < -0.4 is 16.7 Å². The van der Waals surface area contributed by atoms with Gasteiger partial charge in [0.1, 0.15) is 0 Å². The molecule has 0 unspecified atom stereocenters. The van der Waals surface area contributed by atoms with Crippen LogP contribution in [0.1, 0.15) is 48.3 Å². The van der Waals surface area contributed by atoms with Crippen molar-refractivity contribution in [1.29, 1.82) is 0 Å². The molecule has 0 atom stereocenters. The van der Waals surface area contributed by atoms with Crippen LogP contribution in [0.25, 0.3) is 11.0 Å². The fourth-order valence-corrected chi connectivity index (χ4v) is 2.88. The predicted octanol–water partition coefficient (Wildman–Crippen LogP) is 2.09. The van der Waals surface area contributed by atoms with Crippen LogP contribution in [-0.2, 0) is 18.0 Å². The molecule has 8 heteroatoms. The molecule has 2 aromatic heterocycles. The second-order valence-electron chi connectivity index (χ2n) is 6.66. The fourth-order valence-electron chi connectivity index (χ4n) is 2.88. The first kappa shape index (κ1) is 19.5. The van der Waals surface area contributed by atoms with Gasteiger partial charge in [0.2, 0.25) is 0 Å². The molecule has 3 aromatic rings. The summed E-state index contributed by atoms with van der Waals surface area (Å²) in [6.45, 7) is 6.10. The second kappa shape index (κ2) is 8.18. The standard InChI is InChI=1S/C20H22N4O4/c1-4-24-17-16(19(26)22-20(24)27)14(10-15(21-17)12(2)3)18(25)23-28-11-13-8-6-5-7-9-13/h5-10,12H,4,11H2,1-3H3,(H,23,25)(H,22,26,27). The van der Waals surface area contributed by atoms with Crippen LogP contribution in [0.3, 0.4) is 0 Å². The normalized spacial score (nSPS) is 11.1. The van der Waals surface area contributed by atoms with E-state index in [1.54, 1.807) is 13.0 Å². The number of rotatable bonds is 6. The zero-order valence-electron chi connectivity index (χ0n) is 16.0. The first-order chi connectivity index (χ1) is 13.4. The van der Waals surface area contributed by atoms with E-state index in [-0.39, 0.29) is 29.1 Å². The van der Waals surface area contributed by atoms with Crippen molar-refractivity contribution in [2.24, 2.45) is 0 Å². The number of nitrogens with one attached hydrogen (secondary N) is 2. The molecule has 28 heavy (non-hydrogen) atoms. The summed E-state index contributed by atoms with van der Waals surface area (Å²) in [6, 6.07) is 10.9. The van der Waals surface area contributed by atoms with Gasteiger partial charge in [-0.1, -0.05) is 44.2 Å². The van der Waals surface area contributed by atoms with Crippen molar-refractivity contribution in [2.45, 2.75) is 39.8 Å². The first-order valence-electron chi connectivity index (χ1n) is 9.06. The number of benzene rings is 1. The molecule has 2 N–H and O–H groups in total. The lowest BCUT2D eigenvalue weighted by atomic mass is 10.0. The Hall–Kier alpha value is -3.26. The maximum atomic E-state index is 12.8. The number of amides is 1. The highest BCUT2D eigenvalue weighted by Crippen LogP contribution is 2.19. The van der Waals surface area contributed by atoms with Crippen molar-refractivity contribution >= 4 is 16.9 Å². The van der Waals surface area contributed by atoms with Crippen molar-refractivity contribution in [3.8, 4) is 0 Å². The maximum Gasteiger partial charge on any atom is 0.329 e. The summed E-state index contributed by atoms with van der Waals surface area (Å²) in [5.41, 5.74) is 2.97. The Bertz CT molecular complexity index is 1120. The van der Waals surface area contributed by atoms with Gasteiger partial charge in [-0.25, -0.2) is 15.3 Å². The quantitative estimate of drug-likeness (QED) is 0.635. The second-order valence-corrected chi connectivity index (χ2v) is 6.66. The number of pyridine rings is 1. The molecule has 0 spiro atoms. The van der Waals surface area contributed by atoms with Crippen LogP contribution >= 0.6 is 0 Å². The molecule has 2 heterocycles. The Balaban J connectivity index is 2.02. The van der Waals surface area contributed by atoms with Gasteiger partial charge in [0.15, 0.2) is 5.65 Å². The minimum absolute atomic E-state index is 0.000818. The molecule has 0 fully saturated rings. The predicted molar refractivity (Wildman–Crippen MR) is 105 cm³/mol. The van der Waals surface area contributed by atoms with E-state index in [0.29, 0.717) is 12.2 Å². The number of aryl methyl sites for hydroxylation is 1. The van der Waals surface area contributed by atoms with E-state index in [9.17, 15) is 14.4 Å². The van der Waals surface area contributed by atoms with Crippen LogP contribution in [0.5, 0.6) is 0 Å². The summed E-state index contributed by atoms with van der Waals surface area (Å²) in [5, 5.41) is 0.0617. The highest BCUT2D eigenvalue weighted by atomic mass is 16.6. The number of H-pyrrole nitrogens is 1. The van der Waals surface area contributed by atoms with Gasteiger partial charge in [-0.05, 0) is 24.5 Å². The minimum Gasteiger partial charge on any atom is -0.278 e. The number of hydrogen-bond acceptors (Lipinski definition) is 5. The molecular weight excluding hydrogens is 360 g/mol. The summed E-state index contributed by atoms with van der Waals surface area (Å²) < 4.78 is 1.34. The van der Waals surface area contributed by atoms with Crippen LogP contribution in [0.15, 0.2) is 46.0 Å². The molecule has 0 bridgehead atoms. The van der Waals surface area contributed by atoms with Crippen LogP contribution in [0, 0.1) is 0 Å². The summed E-state index contributed by atoms with van der Waals surface area (Å²) >= 11 is 0. The lowest BCUT2D eigenvalue weighted by Crippen LogP contribution is -2.33. The van der Waals surface area contributed by atoms with Gasteiger partial charge in [0.25, 0.3) is 11.5 Å². The molecule has 0 aliphatic rings. The smallest absolute Gasteiger partial charge is 0.278 e. The van der Waals surface area contributed by atoms with Crippen molar-refractivity contribution in [2.75, 3.05) is 0 Å². The van der Waals surface area contributed by atoms with Gasteiger partial charge in [0.05, 0.1) is 17.6 Å². The lowest BCUT2D eigenvalue weighted by molar-refractivity contribution is 0.0234. The van der Waals surface area contributed by atoms with Crippen molar-refractivity contribution in [3.05, 3.63) is 74.1 Å². The van der Waals surface area contributed by atoms with Crippen LogP contribution in [-0.4, -0.2) is 20.4 Å². The lowest BCUT2D eigenvalue weighted by Gasteiger charge is -2.14. The van der Waals surface area contributed by atoms with Gasteiger partial charge in [-0.2, -0.15) is 0 Å². The molecule has 0 aliphatic heterocycles. The Labute approximate surface area is 161 Å². The van der Waals surface area contributed by atoms with Gasteiger partial charge in [-0.15, -0.1) is 0 Å². The van der Waals surface area contributed by atoms with Crippen LogP contribution in [0.4, 0.5) is 0 Å². The van der Waals surface area contributed by atoms with E-state index in [4.69, 9.17) is 4.84 Å². The third-order valence-corrected chi connectivity index (χ3v) is 4.37. The van der Waals surface area contributed by atoms with Gasteiger partial charge < -0.3 is 0 Å². The maximum absolute atomic E-state index is 12.8. The van der Waals surface area contributed by atoms with E-state index in [0.717, 1.165) is 5.56 Å². The number of carbonyl (C=O) groups excluding carboxylic acids is 1. The number of carbonyl (C=O) groups is 1. The molecule has 0 saturated heterocycles. The molecule has 146 valence electrons. The van der Waals surface area contributed by atoms with E-state index >= 15 is 0 Å². The minimum atomic E-state index is -0.652. The first-order valence-corrected chi connectivity index (χ1v) is 9.06. The molecular formula is C20H22N4O4. The number of aromatic nitrogens is 3. The summed E-state index contributed by atoms with van der Waals surface area (Å²) in [5.74, 6) is -0.571. The molecule has 0 aliphatic carbocycles. The third kappa shape index (κ3) is 3.86. The average Bonchev–Trinajstić information content (AvgIpc) is 2.68. The van der Waals surface area contributed by atoms with Gasteiger partial charge in [-0.3, -0.25) is 24.0 Å². The Morgan fingerprint density at radius 3 is 2.61 bits per heavy atom. The highest BCUT2D eigenvalue weighted by Gasteiger charge is 2.20. The molecule has 0 radical (unpaired) electrons. The Kier molecular flexibility index (Phi) is 5.70. The topological polar surface area (TPSA) is 106 Å². The van der Waals surface area contributed by atoms with Gasteiger partial charge in [0, 0.05) is 12.2 Å². The Morgan fingerprint density at radius 1 is 1.25 bits per heavy atom. The molecule has 8 nitrogen and oxygen atoms in total. The monoisotopic (exact) mass is 382 g/mol. The Morgan fingerprint density at radius 2 is 1.96 bits per heavy atom. The SMILES string of the molecule is CCn1c(=O)[nH]c(=O)c2c(C(=O)NOCc3ccccc3)cc(C(C)C)nc21. The third-order valence-electron chi connectivity index (χ3n) is 4.37. The molecule has 1 amide bonds. The van der Waals surface area contributed by atoms with Crippen molar-refractivity contribution in [3.63, 3.8) is 0 Å². The fraction of sp³-hybridized carbons (Fsp3) is 0.300. The largest absolute Gasteiger partial charge is 0.329 e.